The fourth-order valence-electron chi connectivity index (χ4n) is 2.24. The van der Waals surface area contributed by atoms with Gasteiger partial charge in [-0.3, -0.25) is 0 Å². The predicted molar refractivity (Wildman–Crippen MR) is 69.0 cm³/mol. The molecule has 3 nitrogen and oxygen atoms in total. The van der Waals surface area contributed by atoms with Crippen molar-refractivity contribution in [3.05, 3.63) is 5.82 Å². The first-order valence-corrected chi connectivity index (χ1v) is 7.25. The van der Waals surface area contributed by atoms with E-state index in [0.717, 1.165) is 23.8 Å². The van der Waals surface area contributed by atoms with Crippen molar-refractivity contribution in [3.8, 4) is 0 Å². The van der Waals surface area contributed by atoms with Crippen LogP contribution < -0.4 is 5.32 Å². The molecule has 1 aliphatic carbocycles. The van der Waals surface area contributed by atoms with Gasteiger partial charge in [-0.15, -0.1) is 0 Å². The third-order valence-electron chi connectivity index (χ3n) is 3.12. The van der Waals surface area contributed by atoms with Gasteiger partial charge < -0.3 is 5.32 Å². The number of hydrogen-bond donors (Lipinski definition) is 1. The fourth-order valence-corrected chi connectivity index (χ4v) is 2.93. The SMILES string of the molecule is CCCc1nsc(NC2CCCCCC2)n1. The zero-order valence-corrected chi connectivity index (χ0v) is 10.9. The standard InChI is InChI=1S/C12H21N3S/c1-2-7-11-14-12(16-15-11)13-10-8-5-3-4-6-9-10/h10H,2-9H2,1H3,(H,13,14,15). The monoisotopic (exact) mass is 239 g/mol. The van der Waals surface area contributed by atoms with Crippen molar-refractivity contribution in [2.24, 2.45) is 0 Å². The molecule has 1 aliphatic rings. The Labute approximate surface area is 102 Å². The minimum Gasteiger partial charge on any atom is -0.358 e. The highest BCUT2D eigenvalue weighted by Gasteiger charge is 2.13. The number of aryl methyl sites for hydroxylation is 1. The molecule has 0 aromatic carbocycles. The Kier molecular flexibility index (Phi) is 4.57. The van der Waals surface area contributed by atoms with Crippen LogP contribution in [0.2, 0.25) is 0 Å². The quantitative estimate of drug-likeness (QED) is 0.815. The molecule has 0 amide bonds. The van der Waals surface area contributed by atoms with Crippen LogP contribution in [-0.2, 0) is 6.42 Å². The summed E-state index contributed by atoms with van der Waals surface area (Å²) in [4.78, 5) is 4.52. The Morgan fingerprint density at radius 2 is 2.00 bits per heavy atom. The van der Waals surface area contributed by atoms with E-state index in [1.807, 2.05) is 0 Å². The first-order valence-electron chi connectivity index (χ1n) is 6.47. The van der Waals surface area contributed by atoms with E-state index in [-0.39, 0.29) is 0 Å². The molecule has 90 valence electrons. The summed E-state index contributed by atoms with van der Waals surface area (Å²) in [6, 6.07) is 0.630. The minimum atomic E-state index is 0.630. The van der Waals surface area contributed by atoms with Crippen LogP contribution in [0.25, 0.3) is 0 Å². The largest absolute Gasteiger partial charge is 0.358 e. The number of nitrogens with zero attached hydrogens (tertiary/aromatic N) is 2. The van der Waals surface area contributed by atoms with E-state index in [1.54, 1.807) is 0 Å². The van der Waals surface area contributed by atoms with Gasteiger partial charge in [0.15, 0.2) is 0 Å². The van der Waals surface area contributed by atoms with Crippen molar-refractivity contribution in [1.29, 1.82) is 0 Å². The Hall–Kier alpha value is -0.640. The maximum atomic E-state index is 4.52. The lowest BCUT2D eigenvalue weighted by Crippen LogP contribution is -2.18. The topological polar surface area (TPSA) is 37.8 Å². The Morgan fingerprint density at radius 3 is 2.69 bits per heavy atom. The molecule has 0 spiro atoms. The smallest absolute Gasteiger partial charge is 0.202 e. The maximum Gasteiger partial charge on any atom is 0.202 e. The molecule has 1 saturated carbocycles. The molecule has 1 heterocycles. The van der Waals surface area contributed by atoms with Crippen molar-refractivity contribution < 1.29 is 0 Å². The van der Waals surface area contributed by atoms with Gasteiger partial charge in [0.1, 0.15) is 5.82 Å². The van der Waals surface area contributed by atoms with Crippen molar-refractivity contribution >= 4 is 16.7 Å². The molecule has 1 N–H and O–H groups in total. The van der Waals surface area contributed by atoms with Gasteiger partial charge in [0.05, 0.1) is 0 Å². The van der Waals surface area contributed by atoms with Crippen LogP contribution in [-0.4, -0.2) is 15.4 Å². The van der Waals surface area contributed by atoms with Crippen molar-refractivity contribution in [3.63, 3.8) is 0 Å². The van der Waals surface area contributed by atoms with Crippen LogP contribution in [0.15, 0.2) is 0 Å². The lowest BCUT2D eigenvalue weighted by Gasteiger charge is -2.14. The summed E-state index contributed by atoms with van der Waals surface area (Å²) in [6.07, 6.45) is 10.2. The van der Waals surface area contributed by atoms with Crippen LogP contribution in [0.3, 0.4) is 0 Å². The molecule has 0 radical (unpaired) electrons. The molecule has 4 heteroatoms. The number of hydrogen-bond acceptors (Lipinski definition) is 4. The van der Waals surface area contributed by atoms with E-state index in [1.165, 1.54) is 50.1 Å². The average Bonchev–Trinajstić information content (AvgIpc) is 2.56. The van der Waals surface area contributed by atoms with Gasteiger partial charge in [-0.2, -0.15) is 4.37 Å². The van der Waals surface area contributed by atoms with Crippen LogP contribution in [0.5, 0.6) is 0 Å². The molecule has 0 saturated heterocycles. The summed E-state index contributed by atoms with van der Waals surface area (Å²) in [6.45, 7) is 2.17. The van der Waals surface area contributed by atoms with Crippen molar-refractivity contribution in [2.75, 3.05) is 5.32 Å². The summed E-state index contributed by atoms with van der Waals surface area (Å²) in [5, 5.41) is 4.57. The molecule has 0 bridgehead atoms. The third kappa shape index (κ3) is 3.44. The second kappa shape index (κ2) is 6.18. The van der Waals surface area contributed by atoms with Crippen molar-refractivity contribution in [2.45, 2.75) is 64.3 Å². The van der Waals surface area contributed by atoms with E-state index in [4.69, 9.17) is 0 Å². The van der Waals surface area contributed by atoms with Crippen LogP contribution in [0, 0.1) is 0 Å². The van der Waals surface area contributed by atoms with Crippen LogP contribution >= 0.6 is 11.5 Å². The lowest BCUT2D eigenvalue weighted by atomic mass is 10.1. The zero-order chi connectivity index (χ0) is 11.2. The summed E-state index contributed by atoms with van der Waals surface area (Å²) >= 11 is 1.52. The van der Waals surface area contributed by atoms with Gasteiger partial charge in [0, 0.05) is 24.0 Å². The highest BCUT2D eigenvalue weighted by Crippen LogP contribution is 2.22. The fraction of sp³-hybridized carbons (Fsp3) is 0.833. The van der Waals surface area contributed by atoms with Crippen LogP contribution in [0.4, 0.5) is 5.13 Å². The highest BCUT2D eigenvalue weighted by molar-refractivity contribution is 7.09. The van der Waals surface area contributed by atoms with Crippen LogP contribution in [0.1, 0.15) is 57.7 Å². The molecule has 0 aliphatic heterocycles. The second-order valence-electron chi connectivity index (χ2n) is 4.60. The maximum absolute atomic E-state index is 4.52. The second-order valence-corrected chi connectivity index (χ2v) is 5.35. The van der Waals surface area contributed by atoms with Crippen molar-refractivity contribution in [1.82, 2.24) is 9.36 Å². The summed E-state index contributed by atoms with van der Waals surface area (Å²) in [5.41, 5.74) is 0. The summed E-state index contributed by atoms with van der Waals surface area (Å²) in [7, 11) is 0. The van der Waals surface area contributed by atoms with E-state index in [0.29, 0.717) is 6.04 Å². The van der Waals surface area contributed by atoms with E-state index in [9.17, 15) is 0 Å². The minimum absolute atomic E-state index is 0.630. The average molecular weight is 239 g/mol. The first kappa shape index (κ1) is 11.8. The molecule has 16 heavy (non-hydrogen) atoms. The number of rotatable bonds is 4. The Morgan fingerprint density at radius 1 is 1.25 bits per heavy atom. The molecule has 1 fully saturated rings. The molecule has 0 atom stereocenters. The molecule has 2 rings (SSSR count). The van der Waals surface area contributed by atoms with E-state index >= 15 is 0 Å². The molecule has 1 aromatic rings. The zero-order valence-electron chi connectivity index (χ0n) is 10.0. The Bertz CT molecular complexity index is 303. The molecule has 1 aromatic heterocycles. The normalized spacial score (nSPS) is 18.3. The first-order chi connectivity index (χ1) is 7.88. The summed E-state index contributed by atoms with van der Waals surface area (Å²) < 4.78 is 4.36. The predicted octanol–water partition coefficient (Wildman–Crippen LogP) is 3.63. The summed E-state index contributed by atoms with van der Waals surface area (Å²) in [5.74, 6) is 1.00. The lowest BCUT2D eigenvalue weighted by molar-refractivity contribution is 0.619. The van der Waals surface area contributed by atoms with Gasteiger partial charge in [-0.25, -0.2) is 4.98 Å². The molecular formula is C12H21N3S. The van der Waals surface area contributed by atoms with Gasteiger partial charge in [-0.05, 0) is 19.3 Å². The van der Waals surface area contributed by atoms with E-state index < -0.39 is 0 Å². The third-order valence-corrected chi connectivity index (χ3v) is 3.81. The number of nitrogens with one attached hydrogen (secondary N) is 1. The highest BCUT2D eigenvalue weighted by atomic mass is 32.1. The molecular weight excluding hydrogens is 218 g/mol. The number of anilines is 1. The van der Waals surface area contributed by atoms with Gasteiger partial charge in [0.25, 0.3) is 0 Å². The van der Waals surface area contributed by atoms with Gasteiger partial charge >= 0.3 is 0 Å². The van der Waals surface area contributed by atoms with Gasteiger partial charge in [-0.1, -0.05) is 32.6 Å². The Balaban J connectivity index is 1.86. The van der Waals surface area contributed by atoms with Gasteiger partial charge in [0.2, 0.25) is 5.13 Å². The number of aromatic nitrogens is 2. The van der Waals surface area contributed by atoms with E-state index in [2.05, 4.69) is 21.6 Å². The molecule has 0 unspecified atom stereocenters.